The number of hydrogen-bond donors (Lipinski definition) is 0. The summed E-state index contributed by atoms with van der Waals surface area (Å²) in [7, 11) is 3.78. The van der Waals surface area contributed by atoms with E-state index in [1.54, 1.807) is 18.4 Å². The van der Waals surface area contributed by atoms with E-state index in [4.69, 9.17) is 4.74 Å². The monoisotopic (exact) mass is 292 g/mol. The van der Waals surface area contributed by atoms with Crippen LogP contribution in [0.15, 0.2) is 11.7 Å². The van der Waals surface area contributed by atoms with Gasteiger partial charge in [0.15, 0.2) is 0 Å². The van der Waals surface area contributed by atoms with Crippen molar-refractivity contribution in [3.63, 3.8) is 0 Å². The smallest absolute Gasteiger partial charge is 0.0798 e. The summed E-state index contributed by atoms with van der Waals surface area (Å²) in [5.41, 5.74) is 5.71. The van der Waals surface area contributed by atoms with Crippen LogP contribution in [0.5, 0.6) is 0 Å². The molecule has 0 radical (unpaired) electrons. The summed E-state index contributed by atoms with van der Waals surface area (Å²) in [6, 6.07) is 0.276. The predicted octanol–water partition coefficient (Wildman–Crippen LogP) is 1.93. The summed E-state index contributed by atoms with van der Waals surface area (Å²) in [6.07, 6.45) is 3.05. The zero-order valence-electron chi connectivity index (χ0n) is 12.2. The molecule has 0 amide bonds. The molecule has 0 N–H and O–H groups in total. The minimum absolute atomic E-state index is 0.276. The summed E-state index contributed by atoms with van der Waals surface area (Å²) in [5, 5.41) is 4.40. The van der Waals surface area contributed by atoms with Gasteiger partial charge in [0.25, 0.3) is 0 Å². The van der Waals surface area contributed by atoms with Crippen LogP contribution in [0, 0.1) is 6.92 Å². The number of methoxy groups -OCH3 is 1. The van der Waals surface area contributed by atoms with E-state index in [0.717, 1.165) is 25.2 Å². The van der Waals surface area contributed by atoms with Crippen LogP contribution in [0.3, 0.4) is 0 Å². The fourth-order valence-corrected chi connectivity index (χ4v) is 3.70. The van der Waals surface area contributed by atoms with Crippen molar-refractivity contribution in [2.24, 2.45) is 7.05 Å². The molecule has 1 aliphatic heterocycles. The Morgan fingerprint density at radius 3 is 3.05 bits per heavy atom. The first kappa shape index (κ1) is 13.7. The number of aryl methyl sites for hydroxylation is 2. The van der Waals surface area contributed by atoms with Crippen LogP contribution in [0.2, 0.25) is 0 Å². The molecule has 1 aliphatic rings. The molecule has 108 valence electrons. The Bertz CT molecular complexity index is 592. The second-order valence-corrected chi connectivity index (χ2v) is 6.17. The molecule has 20 heavy (non-hydrogen) atoms. The number of thiazole rings is 1. The average molecular weight is 292 g/mol. The molecule has 2 aromatic heterocycles. The van der Waals surface area contributed by atoms with E-state index in [9.17, 15) is 0 Å². The number of nitrogens with zero attached hydrogens (tertiary/aromatic N) is 4. The highest BCUT2D eigenvalue weighted by Crippen LogP contribution is 2.31. The van der Waals surface area contributed by atoms with E-state index in [0.29, 0.717) is 6.61 Å². The minimum Gasteiger partial charge on any atom is -0.383 e. The molecule has 0 saturated carbocycles. The van der Waals surface area contributed by atoms with Crippen molar-refractivity contribution in [1.29, 1.82) is 0 Å². The molecule has 0 saturated heterocycles. The van der Waals surface area contributed by atoms with Gasteiger partial charge >= 0.3 is 0 Å². The van der Waals surface area contributed by atoms with Crippen molar-refractivity contribution in [3.8, 4) is 0 Å². The van der Waals surface area contributed by atoms with Crippen molar-refractivity contribution < 1.29 is 4.74 Å². The third-order valence-electron chi connectivity index (χ3n) is 4.01. The van der Waals surface area contributed by atoms with E-state index < -0.39 is 0 Å². The third kappa shape index (κ3) is 2.39. The second kappa shape index (κ2) is 5.63. The number of hydrogen-bond acceptors (Lipinski definition) is 5. The first-order valence-electron chi connectivity index (χ1n) is 6.83. The third-order valence-corrected chi connectivity index (χ3v) is 4.93. The minimum atomic E-state index is 0.276. The maximum Gasteiger partial charge on any atom is 0.0798 e. The van der Waals surface area contributed by atoms with Crippen molar-refractivity contribution in [2.75, 3.05) is 20.3 Å². The van der Waals surface area contributed by atoms with Crippen LogP contribution >= 0.6 is 11.3 Å². The van der Waals surface area contributed by atoms with Gasteiger partial charge in [0, 0.05) is 32.1 Å². The van der Waals surface area contributed by atoms with E-state index in [-0.39, 0.29) is 6.04 Å². The number of aromatic nitrogens is 3. The van der Waals surface area contributed by atoms with E-state index in [1.165, 1.54) is 16.1 Å². The van der Waals surface area contributed by atoms with Crippen LogP contribution < -0.4 is 0 Å². The van der Waals surface area contributed by atoms with E-state index in [1.807, 2.05) is 23.4 Å². The Morgan fingerprint density at radius 1 is 1.50 bits per heavy atom. The van der Waals surface area contributed by atoms with Gasteiger partial charge in [-0.15, -0.1) is 11.3 Å². The van der Waals surface area contributed by atoms with Gasteiger partial charge in [-0.3, -0.25) is 9.58 Å². The molecular weight excluding hydrogens is 272 g/mol. The zero-order chi connectivity index (χ0) is 14.1. The van der Waals surface area contributed by atoms with Gasteiger partial charge in [0.05, 0.1) is 35.7 Å². The first-order valence-corrected chi connectivity index (χ1v) is 7.71. The highest BCUT2D eigenvalue weighted by Gasteiger charge is 2.30. The molecule has 3 heterocycles. The van der Waals surface area contributed by atoms with Crippen LogP contribution in [-0.2, 0) is 24.8 Å². The number of ether oxygens (including phenoxy) is 1. The van der Waals surface area contributed by atoms with Gasteiger partial charge in [0.2, 0.25) is 0 Å². The number of fused-ring (bicyclic) bond motifs is 1. The maximum atomic E-state index is 5.45. The van der Waals surface area contributed by atoms with Crippen molar-refractivity contribution in [3.05, 3.63) is 33.5 Å². The highest BCUT2D eigenvalue weighted by atomic mass is 32.1. The lowest BCUT2D eigenvalue weighted by molar-refractivity contribution is 0.0739. The molecule has 0 aliphatic carbocycles. The lowest BCUT2D eigenvalue weighted by Gasteiger charge is -2.35. The van der Waals surface area contributed by atoms with Gasteiger partial charge < -0.3 is 4.74 Å². The molecule has 2 aromatic rings. The molecule has 0 spiro atoms. The Hall–Kier alpha value is -1.24. The van der Waals surface area contributed by atoms with Crippen LogP contribution in [0.25, 0.3) is 0 Å². The van der Waals surface area contributed by atoms with Crippen molar-refractivity contribution in [2.45, 2.75) is 25.9 Å². The lowest BCUT2D eigenvalue weighted by atomic mass is 10.00. The van der Waals surface area contributed by atoms with Gasteiger partial charge in [-0.1, -0.05) is 0 Å². The molecule has 1 atom stereocenters. The summed E-state index contributed by atoms with van der Waals surface area (Å²) in [4.78, 5) is 8.17. The quantitative estimate of drug-likeness (QED) is 0.863. The lowest BCUT2D eigenvalue weighted by Crippen LogP contribution is -2.38. The largest absolute Gasteiger partial charge is 0.383 e. The van der Waals surface area contributed by atoms with Crippen LogP contribution in [-0.4, -0.2) is 39.9 Å². The molecule has 5 nitrogen and oxygen atoms in total. The fraction of sp³-hybridized carbons (Fsp3) is 0.571. The molecule has 0 unspecified atom stereocenters. The summed E-state index contributed by atoms with van der Waals surface area (Å²) >= 11 is 1.73. The van der Waals surface area contributed by atoms with E-state index >= 15 is 0 Å². The maximum absolute atomic E-state index is 5.45. The Kier molecular flexibility index (Phi) is 3.87. The van der Waals surface area contributed by atoms with Crippen molar-refractivity contribution in [1.82, 2.24) is 19.7 Å². The average Bonchev–Trinajstić information content (AvgIpc) is 3.00. The SMILES string of the molecule is COC[C@H]1c2c(cnn2C)CCN1Cc1scnc1C. The summed E-state index contributed by atoms with van der Waals surface area (Å²) < 4.78 is 7.44. The first-order chi connectivity index (χ1) is 9.70. The Morgan fingerprint density at radius 2 is 2.35 bits per heavy atom. The molecule has 6 heteroatoms. The Balaban J connectivity index is 1.88. The number of rotatable bonds is 4. The standard InChI is InChI=1S/C14H20N4OS/c1-10-13(20-9-15-10)7-18-5-4-11-6-16-17(2)14(11)12(18)8-19-3/h6,9,12H,4-5,7-8H2,1-3H3/t12-/m0/s1. The Labute approximate surface area is 123 Å². The predicted molar refractivity (Wildman–Crippen MR) is 78.8 cm³/mol. The normalized spacial score (nSPS) is 19.2. The van der Waals surface area contributed by atoms with Gasteiger partial charge in [-0.2, -0.15) is 5.10 Å². The molecular formula is C14H20N4OS. The fourth-order valence-electron chi connectivity index (χ4n) is 2.90. The second-order valence-electron chi connectivity index (χ2n) is 5.23. The summed E-state index contributed by atoms with van der Waals surface area (Å²) in [6.45, 7) is 4.76. The van der Waals surface area contributed by atoms with Crippen molar-refractivity contribution >= 4 is 11.3 Å². The van der Waals surface area contributed by atoms with E-state index in [2.05, 4.69) is 21.9 Å². The molecule has 0 fully saturated rings. The van der Waals surface area contributed by atoms with Gasteiger partial charge in [-0.25, -0.2) is 4.98 Å². The van der Waals surface area contributed by atoms with Gasteiger partial charge in [0.1, 0.15) is 0 Å². The van der Waals surface area contributed by atoms with Crippen LogP contribution in [0.1, 0.15) is 27.9 Å². The highest BCUT2D eigenvalue weighted by molar-refractivity contribution is 7.09. The molecule has 0 bridgehead atoms. The zero-order valence-corrected chi connectivity index (χ0v) is 13.0. The van der Waals surface area contributed by atoms with Crippen LogP contribution in [0.4, 0.5) is 0 Å². The topological polar surface area (TPSA) is 43.2 Å². The molecule has 0 aromatic carbocycles. The van der Waals surface area contributed by atoms with Gasteiger partial charge in [-0.05, 0) is 18.9 Å². The molecule has 3 rings (SSSR count). The summed E-state index contributed by atoms with van der Waals surface area (Å²) in [5.74, 6) is 0.